The monoisotopic (exact) mass is 527 g/mol. The Kier molecular flexibility index (Phi) is 7.82. The van der Waals surface area contributed by atoms with Crippen molar-refractivity contribution >= 4 is 41.0 Å². The van der Waals surface area contributed by atoms with E-state index in [1.165, 1.54) is 43.5 Å². The number of nitro benzene ring substituents is 1. The summed E-state index contributed by atoms with van der Waals surface area (Å²) in [4.78, 5) is 22.7. The first-order chi connectivity index (χ1) is 16.5. The van der Waals surface area contributed by atoms with Crippen molar-refractivity contribution in [2.24, 2.45) is 5.10 Å². The Bertz CT molecular complexity index is 1320. The average molecular weight is 528 g/mol. The van der Waals surface area contributed by atoms with Crippen LogP contribution in [-0.2, 0) is 6.18 Å². The second kappa shape index (κ2) is 10.6. The third-order valence-corrected chi connectivity index (χ3v) is 5.01. The largest absolute Gasteiger partial charge is 0.497 e. The van der Waals surface area contributed by atoms with Gasteiger partial charge < -0.3 is 9.47 Å². The number of halogens is 5. The molecule has 0 saturated heterocycles. The lowest BCUT2D eigenvalue weighted by atomic mass is 10.1. The Hall–Kier alpha value is -3.83. The molecule has 0 unspecified atom stereocenters. The maximum Gasteiger partial charge on any atom is 0.416 e. The minimum atomic E-state index is -4.77. The number of benzene rings is 3. The number of hydrogen-bond donors (Lipinski definition) is 1. The number of amides is 1. The summed E-state index contributed by atoms with van der Waals surface area (Å²) < 4.78 is 49.6. The van der Waals surface area contributed by atoms with Gasteiger partial charge in [0.1, 0.15) is 11.5 Å². The van der Waals surface area contributed by atoms with Gasteiger partial charge in [0.05, 0.1) is 34.4 Å². The summed E-state index contributed by atoms with van der Waals surface area (Å²) in [5, 5.41) is 15.6. The number of carbonyl (C=O) groups excluding carboxylic acids is 1. The van der Waals surface area contributed by atoms with E-state index in [1.54, 1.807) is 0 Å². The fraction of sp³-hybridized carbons (Fsp3) is 0.0909. The molecule has 1 amide bonds. The van der Waals surface area contributed by atoms with Crippen LogP contribution >= 0.6 is 23.2 Å². The number of ether oxygens (including phenoxy) is 2. The second-order valence-corrected chi connectivity index (χ2v) is 7.61. The number of alkyl halides is 3. The third kappa shape index (κ3) is 6.40. The van der Waals surface area contributed by atoms with Crippen molar-refractivity contribution in [3.8, 4) is 17.2 Å². The minimum absolute atomic E-state index is 0.00353. The molecule has 182 valence electrons. The van der Waals surface area contributed by atoms with Crippen molar-refractivity contribution in [2.45, 2.75) is 6.18 Å². The van der Waals surface area contributed by atoms with E-state index in [0.717, 1.165) is 12.3 Å². The van der Waals surface area contributed by atoms with Gasteiger partial charge in [-0.05, 0) is 48.5 Å². The maximum atomic E-state index is 13.0. The highest BCUT2D eigenvalue weighted by atomic mass is 35.5. The Morgan fingerprint density at radius 2 is 1.80 bits per heavy atom. The van der Waals surface area contributed by atoms with E-state index >= 15 is 0 Å². The summed E-state index contributed by atoms with van der Waals surface area (Å²) in [6.45, 7) is 0. The van der Waals surface area contributed by atoms with E-state index < -0.39 is 34.0 Å². The lowest BCUT2D eigenvalue weighted by Gasteiger charge is -2.12. The van der Waals surface area contributed by atoms with Gasteiger partial charge in [-0.1, -0.05) is 23.2 Å². The molecule has 0 aliphatic rings. The molecule has 0 aromatic heterocycles. The molecule has 35 heavy (non-hydrogen) atoms. The van der Waals surface area contributed by atoms with E-state index in [9.17, 15) is 28.1 Å². The van der Waals surface area contributed by atoms with Gasteiger partial charge in [0, 0.05) is 16.7 Å². The molecule has 0 spiro atoms. The first kappa shape index (κ1) is 25.8. The predicted molar refractivity (Wildman–Crippen MR) is 123 cm³/mol. The molecule has 8 nitrogen and oxygen atoms in total. The number of carbonyl (C=O) groups is 1. The normalized spacial score (nSPS) is 11.4. The van der Waals surface area contributed by atoms with Gasteiger partial charge in [-0.15, -0.1) is 0 Å². The number of nitro groups is 1. The second-order valence-electron chi connectivity index (χ2n) is 6.77. The van der Waals surface area contributed by atoms with Crippen molar-refractivity contribution in [2.75, 3.05) is 7.11 Å². The molecule has 0 atom stereocenters. The Balaban J connectivity index is 1.90. The van der Waals surface area contributed by atoms with Crippen LogP contribution in [0.5, 0.6) is 17.2 Å². The van der Waals surface area contributed by atoms with E-state index in [4.69, 9.17) is 32.7 Å². The zero-order chi connectivity index (χ0) is 25.8. The van der Waals surface area contributed by atoms with Crippen LogP contribution in [0.15, 0.2) is 59.7 Å². The molecule has 3 aromatic carbocycles. The summed E-state index contributed by atoms with van der Waals surface area (Å²) in [6.07, 6.45) is -3.61. The zero-order valence-corrected chi connectivity index (χ0v) is 19.1. The number of nitrogens with zero attached hydrogens (tertiary/aromatic N) is 2. The lowest BCUT2D eigenvalue weighted by Crippen LogP contribution is -2.18. The maximum absolute atomic E-state index is 13.0. The highest BCUT2D eigenvalue weighted by Gasteiger charge is 2.33. The van der Waals surface area contributed by atoms with E-state index in [0.29, 0.717) is 22.9 Å². The standard InChI is InChI=1S/C22H14Cl2F3N3O5/c1-34-15-4-7-19(35-20-6-2-13(22(25,26)27)9-18(20)30(32)33)12(8-15)11-28-29-21(31)16-5-3-14(23)10-17(16)24/h2-11H,1H3,(H,29,31)/b28-11-. The van der Waals surface area contributed by atoms with E-state index in [2.05, 4.69) is 10.5 Å². The summed E-state index contributed by atoms with van der Waals surface area (Å²) in [5.74, 6) is -0.726. The van der Waals surface area contributed by atoms with Crippen LogP contribution in [0.1, 0.15) is 21.5 Å². The average Bonchev–Trinajstić information content (AvgIpc) is 2.79. The molecule has 3 aromatic rings. The molecule has 3 rings (SSSR count). The number of hydrazone groups is 1. The number of methoxy groups -OCH3 is 1. The number of nitrogens with one attached hydrogen (secondary N) is 1. The minimum Gasteiger partial charge on any atom is -0.497 e. The van der Waals surface area contributed by atoms with Gasteiger partial charge in [0.25, 0.3) is 5.91 Å². The van der Waals surface area contributed by atoms with Gasteiger partial charge in [-0.25, -0.2) is 5.43 Å². The van der Waals surface area contributed by atoms with Crippen LogP contribution in [-0.4, -0.2) is 24.2 Å². The van der Waals surface area contributed by atoms with Crippen molar-refractivity contribution in [3.63, 3.8) is 0 Å². The molecular weight excluding hydrogens is 514 g/mol. The summed E-state index contributed by atoms with van der Waals surface area (Å²) in [7, 11) is 1.39. The fourth-order valence-corrected chi connectivity index (χ4v) is 3.28. The van der Waals surface area contributed by atoms with Crippen LogP contribution in [0.25, 0.3) is 0 Å². The Labute approximate surface area is 206 Å². The Morgan fingerprint density at radius 1 is 1.09 bits per heavy atom. The van der Waals surface area contributed by atoms with Gasteiger partial charge in [0.2, 0.25) is 5.75 Å². The van der Waals surface area contributed by atoms with Crippen LogP contribution in [0.3, 0.4) is 0 Å². The summed E-state index contributed by atoms with van der Waals surface area (Å²) >= 11 is 11.8. The molecule has 0 bridgehead atoms. The molecule has 0 aliphatic heterocycles. The van der Waals surface area contributed by atoms with E-state index in [1.807, 2.05) is 0 Å². The van der Waals surface area contributed by atoms with Gasteiger partial charge in [-0.2, -0.15) is 18.3 Å². The van der Waals surface area contributed by atoms with Crippen molar-refractivity contribution in [1.82, 2.24) is 5.43 Å². The topological polar surface area (TPSA) is 103 Å². The number of hydrogen-bond acceptors (Lipinski definition) is 6. The molecule has 1 N–H and O–H groups in total. The predicted octanol–water partition coefficient (Wildman–Crippen LogP) is 6.49. The quantitative estimate of drug-likeness (QED) is 0.215. The molecular formula is C22H14Cl2F3N3O5. The van der Waals surface area contributed by atoms with Gasteiger partial charge in [0.15, 0.2) is 0 Å². The molecule has 0 fully saturated rings. The molecule has 0 heterocycles. The smallest absolute Gasteiger partial charge is 0.416 e. The highest BCUT2D eigenvalue weighted by Crippen LogP contribution is 2.38. The van der Waals surface area contributed by atoms with Crippen molar-refractivity contribution in [1.29, 1.82) is 0 Å². The van der Waals surface area contributed by atoms with Crippen LogP contribution in [0.4, 0.5) is 18.9 Å². The first-order valence-corrected chi connectivity index (χ1v) is 10.2. The molecule has 0 saturated carbocycles. The highest BCUT2D eigenvalue weighted by molar-refractivity contribution is 6.36. The molecule has 0 aliphatic carbocycles. The third-order valence-electron chi connectivity index (χ3n) is 4.47. The lowest BCUT2D eigenvalue weighted by molar-refractivity contribution is -0.385. The van der Waals surface area contributed by atoms with Gasteiger partial charge in [-0.3, -0.25) is 14.9 Å². The Morgan fingerprint density at radius 3 is 2.43 bits per heavy atom. The van der Waals surface area contributed by atoms with Crippen molar-refractivity contribution < 1.29 is 32.4 Å². The molecule has 13 heteroatoms. The van der Waals surface area contributed by atoms with Crippen LogP contribution < -0.4 is 14.9 Å². The van der Waals surface area contributed by atoms with Crippen LogP contribution in [0.2, 0.25) is 10.0 Å². The van der Waals surface area contributed by atoms with Gasteiger partial charge >= 0.3 is 11.9 Å². The summed E-state index contributed by atoms with van der Waals surface area (Å²) in [6, 6.07) is 10.4. The van der Waals surface area contributed by atoms with Crippen LogP contribution in [0, 0.1) is 10.1 Å². The molecule has 0 radical (unpaired) electrons. The zero-order valence-electron chi connectivity index (χ0n) is 17.6. The number of rotatable bonds is 7. The fourth-order valence-electron chi connectivity index (χ4n) is 2.78. The SMILES string of the molecule is COc1ccc(Oc2ccc(C(F)(F)F)cc2[N+](=O)[O-])c(/C=N\NC(=O)c2ccc(Cl)cc2Cl)c1. The van der Waals surface area contributed by atoms with E-state index in [-0.39, 0.29) is 21.9 Å². The first-order valence-electron chi connectivity index (χ1n) is 9.49. The summed E-state index contributed by atoms with van der Waals surface area (Å²) in [5.41, 5.74) is 0.483. The van der Waals surface area contributed by atoms with Crippen molar-refractivity contribution in [3.05, 3.63) is 91.4 Å².